The van der Waals surface area contributed by atoms with Crippen molar-refractivity contribution < 1.29 is 0 Å². The molecule has 0 bridgehead atoms. The van der Waals surface area contributed by atoms with Gasteiger partial charge in [0.05, 0.1) is 0 Å². The largest absolute Gasteiger partial charge is 0.0642 e. The molecule has 254 valence electrons. The first kappa shape index (κ1) is 30.9. The average Bonchev–Trinajstić information content (AvgIpc) is 3.66. The van der Waals surface area contributed by atoms with E-state index in [4.69, 9.17) is 0 Å². The maximum absolute atomic E-state index is 2.55. The third-order valence-electron chi connectivity index (χ3n) is 13.0. The molecule has 0 amide bonds. The first-order valence-electron chi connectivity index (χ1n) is 19.6. The summed E-state index contributed by atoms with van der Waals surface area (Å²) in [5.74, 6) is 0.637. The lowest BCUT2D eigenvalue weighted by Gasteiger charge is -2.30. The Balaban J connectivity index is 1.05. The van der Waals surface area contributed by atoms with Gasteiger partial charge < -0.3 is 0 Å². The molecule has 2 aliphatic carbocycles. The standard InChI is InChI=1S/C53H42/c1-5-53(6-2)48-29-34(38-20-16-33-14-15-36-27-32(26-31(3)4)28-37-19-23-46(38)51(33)50(36)37)17-21-42(48)43-22-18-35(30-49(43)53)39-24-25-47-41-11-8-7-10-40(41)45-13-9-12-44(39)52(45)47/h7-25,27-31H,5-6,26H2,1-4H3. The lowest BCUT2D eigenvalue weighted by molar-refractivity contribution is 0.491. The minimum Gasteiger partial charge on any atom is -0.0642 e. The molecule has 9 aromatic rings. The quantitative estimate of drug-likeness (QED) is 0.154. The van der Waals surface area contributed by atoms with Crippen LogP contribution in [0.2, 0.25) is 0 Å². The maximum atomic E-state index is 2.55. The van der Waals surface area contributed by atoms with Crippen LogP contribution in [0.4, 0.5) is 0 Å². The molecule has 0 fully saturated rings. The van der Waals surface area contributed by atoms with Crippen molar-refractivity contribution in [3.05, 3.63) is 156 Å². The molecule has 0 radical (unpaired) electrons. The fraction of sp³-hybridized carbons (Fsp3) is 0.170. The van der Waals surface area contributed by atoms with E-state index in [1.807, 2.05) is 0 Å². The predicted molar refractivity (Wildman–Crippen MR) is 228 cm³/mol. The van der Waals surface area contributed by atoms with Gasteiger partial charge in [-0.2, -0.15) is 0 Å². The molecule has 0 atom stereocenters. The number of benzene rings is 9. The minimum atomic E-state index is -0.0433. The molecule has 53 heavy (non-hydrogen) atoms. The Bertz CT molecular complexity index is 2920. The summed E-state index contributed by atoms with van der Waals surface area (Å²) in [6.45, 7) is 9.40. The van der Waals surface area contributed by atoms with E-state index in [1.54, 1.807) is 0 Å². The van der Waals surface area contributed by atoms with Crippen LogP contribution in [0, 0.1) is 5.92 Å². The number of hydrogen-bond donors (Lipinski definition) is 0. The van der Waals surface area contributed by atoms with Gasteiger partial charge in [-0.05, 0) is 153 Å². The molecule has 11 rings (SSSR count). The zero-order valence-corrected chi connectivity index (χ0v) is 31.0. The normalized spacial score (nSPS) is 13.8. The third-order valence-corrected chi connectivity index (χ3v) is 13.0. The summed E-state index contributed by atoms with van der Waals surface area (Å²) in [5.41, 5.74) is 17.8. The maximum Gasteiger partial charge on any atom is 0.0210 e. The molecular formula is C53H42. The summed E-state index contributed by atoms with van der Waals surface area (Å²) in [6.07, 6.45) is 3.23. The predicted octanol–water partition coefficient (Wildman–Crippen LogP) is 15.0. The van der Waals surface area contributed by atoms with Gasteiger partial charge in [-0.3, -0.25) is 0 Å². The molecular weight excluding hydrogens is 637 g/mol. The second-order valence-electron chi connectivity index (χ2n) is 16.1. The van der Waals surface area contributed by atoms with Gasteiger partial charge in [0.2, 0.25) is 0 Å². The van der Waals surface area contributed by atoms with Crippen molar-refractivity contribution >= 4 is 43.1 Å². The van der Waals surface area contributed by atoms with E-state index >= 15 is 0 Å². The van der Waals surface area contributed by atoms with E-state index in [0.29, 0.717) is 5.92 Å². The van der Waals surface area contributed by atoms with E-state index in [-0.39, 0.29) is 5.41 Å². The number of fused-ring (bicyclic) bond motifs is 6. The highest BCUT2D eigenvalue weighted by atomic mass is 14.4. The first-order chi connectivity index (χ1) is 26.0. The van der Waals surface area contributed by atoms with E-state index in [9.17, 15) is 0 Å². The summed E-state index contributed by atoms with van der Waals surface area (Å²) in [4.78, 5) is 0. The van der Waals surface area contributed by atoms with Crippen LogP contribution in [-0.2, 0) is 11.8 Å². The van der Waals surface area contributed by atoms with Crippen molar-refractivity contribution in [2.24, 2.45) is 5.92 Å². The molecule has 0 saturated carbocycles. The molecule has 0 N–H and O–H groups in total. The van der Waals surface area contributed by atoms with Gasteiger partial charge in [0.1, 0.15) is 0 Å². The Hall–Kier alpha value is -5.72. The summed E-state index contributed by atoms with van der Waals surface area (Å²) in [7, 11) is 0. The Morgan fingerprint density at radius 3 is 1.57 bits per heavy atom. The van der Waals surface area contributed by atoms with Crippen molar-refractivity contribution in [3.8, 4) is 55.6 Å². The molecule has 0 saturated heterocycles. The Labute approximate surface area is 312 Å². The van der Waals surface area contributed by atoms with E-state index in [0.717, 1.165) is 19.3 Å². The second-order valence-corrected chi connectivity index (χ2v) is 16.1. The molecule has 0 heteroatoms. The van der Waals surface area contributed by atoms with Crippen molar-refractivity contribution in [1.29, 1.82) is 0 Å². The Morgan fingerprint density at radius 2 is 0.925 bits per heavy atom. The van der Waals surface area contributed by atoms with Crippen LogP contribution in [-0.4, -0.2) is 0 Å². The highest BCUT2D eigenvalue weighted by Crippen LogP contribution is 2.56. The van der Waals surface area contributed by atoms with Gasteiger partial charge >= 0.3 is 0 Å². The molecule has 0 unspecified atom stereocenters. The molecule has 0 nitrogen and oxygen atoms in total. The zero-order chi connectivity index (χ0) is 35.6. The van der Waals surface area contributed by atoms with Crippen molar-refractivity contribution in [1.82, 2.24) is 0 Å². The Morgan fingerprint density at radius 1 is 0.415 bits per heavy atom. The molecule has 0 aromatic heterocycles. The van der Waals surface area contributed by atoms with Crippen LogP contribution < -0.4 is 0 Å². The van der Waals surface area contributed by atoms with E-state index in [2.05, 4.69) is 167 Å². The van der Waals surface area contributed by atoms with E-state index < -0.39 is 0 Å². The minimum absolute atomic E-state index is 0.0433. The van der Waals surface area contributed by atoms with Gasteiger partial charge in [0.25, 0.3) is 0 Å². The van der Waals surface area contributed by atoms with Crippen molar-refractivity contribution in [2.45, 2.75) is 52.4 Å². The lowest BCUT2D eigenvalue weighted by atomic mass is 9.73. The zero-order valence-electron chi connectivity index (χ0n) is 31.0. The highest BCUT2D eigenvalue weighted by Gasteiger charge is 2.41. The van der Waals surface area contributed by atoms with Gasteiger partial charge in [-0.15, -0.1) is 0 Å². The smallest absolute Gasteiger partial charge is 0.0210 e. The fourth-order valence-electron chi connectivity index (χ4n) is 10.6. The van der Waals surface area contributed by atoms with Crippen LogP contribution >= 0.6 is 0 Å². The number of hydrogen-bond acceptors (Lipinski definition) is 0. The van der Waals surface area contributed by atoms with Gasteiger partial charge in [0.15, 0.2) is 0 Å². The van der Waals surface area contributed by atoms with Crippen LogP contribution in [0.15, 0.2) is 140 Å². The monoisotopic (exact) mass is 678 g/mol. The first-order valence-corrected chi connectivity index (χ1v) is 19.6. The molecule has 2 aliphatic rings. The number of rotatable bonds is 6. The summed E-state index contributed by atoms with van der Waals surface area (Å²) in [5, 5.41) is 10.9. The second kappa shape index (κ2) is 11.1. The van der Waals surface area contributed by atoms with Crippen molar-refractivity contribution in [2.75, 3.05) is 0 Å². The Kier molecular flexibility index (Phi) is 6.49. The molecule has 0 aliphatic heterocycles. The highest BCUT2D eigenvalue weighted by molar-refractivity contribution is 6.25. The van der Waals surface area contributed by atoms with Crippen LogP contribution in [0.5, 0.6) is 0 Å². The summed E-state index contributed by atoms with van der Waals surface area (Å²) < 4.78 is 0. The molecule has 0 heterocycles. The summed E-state index contributed by atoms with van der Waals surface area (Å²) >= 11 is 0. The van der Waals surface area contributed by atoms with Crippen LogP contribution in [0.3, 0.4) is 0 Å². The van der Waals surface area contributed by atoms with Crippen molar-refractivity contribution in [3.63, 3.8) is 0 Å². The van der Waals surface area contributed by atoms with E-state index in [1.165, 1.54) is 115 Å². The van der Waals surface area contributed by atoms with Gasteiger partial charge in [-0.1, -0.05) is 155 Å². The third kappa shape index (κ3) is 4.18. The topological polar surface area (TPSA) is 0 Å². The SMILES string of the molecule is CCC1(CC)c2cc(-c3ccc4c5c(cccc35)-c3ccccc3-4)ccc2-c2ccc(-c3ccc4ccc5cc(CC(C)C)cc6ccc3c4c56)cc21. The molecule has 0 spiro atoms. The van der Waals surface area contributed by atoms with Crippen LogP contribution in [0.1, 0.15) is 57.2 Å². The average molecular weight is 679 g/mol. The van der Waals surface area contributed by atoms with Crippen LogP contribution in [0.25, 0.3) is 98.7 Å². The molecule has 9 aromatic carbocycles. The summed E-state index contributed by atoms with van der Waals surface area (Å²) in [6, 6.07) is 54.1. The van der Waals surface area contributed by atoms with Gasteiger partial charge in [-0.25, -0.2) is 0 Å². The van der Waals surface area contributed by atoms with Gasteiger partial charge in [0, 0.05) is 5.41 Å². The lowest BCUT2D eigenvalue weighted by Crippen LogP contribution is -2.23. The fourth-order valence-corrected chi connectivity index (χ4v) is 10.6.